The summed E-state index contributed by atoms with van der Waals surface area (Å²) in [5.41, 5.74) is 0.530. The zero-order chi connectivity index (χ0) is 23.0. The molecule has 0 bridgehead atoms. The number of carbonyl (C=O) groups is 1. The van der Waals surface area contributed by atoms with Crippen LogP contribution < -0.4 is 14.2 Å². The van der Waals surface area contributed by atoms with Gasteiger partial charge in [-0.3, -0.25) is 0 Å². The van der Waals surface area contributed by atoms with Gasteiger partial charge in [0.1, 0.15) is 6.10 Å². The summed E-state index contributed by atoms with van der Waals surface area (Å²) in [5.74, 6) is 0.691. The molecule has 0 saturated heterocycles. The number of allylic oxidation sites excluding steroid dienone is 1. The third-order valence-electron chi connectivity index (χ3n) is 7.36. The highest BCUT2D eigenvalue weighted by Crippen LogP contribution is 2.58. The third-order valence-corrected chi connectivity index (χ3v) is 7.36. The first kappa shape index (κ1) is 23.5. The van der Waals surface area contributed by atoms with Crippen LogP contribution >= 0.6 is 0 Å². The first-order valence-corrected chi connectivity index (χ1v) is 11.0. The Hall–Kier alpha value is -2.21. The number of carbonyl (C=O) groups excluding carboxylic acids is 1. The van der Waals surface area contributed by atoms with Crippen LogP contribution in [0.1, 0.15) is 63.7 Å². The van der Waals surface area contributed by atoms with E-state index < -0.39 is 17.7 Å². The van der Waals surface area contributed by atoms with Crippen LogP contribution in [0.3, 0.4) is 0 Å². The van der Waals surface area contributed by atoms with Crippen LogP contribution in [-0.2, 0) is 4.74 Å². The largest absolute Gasteiger partial charge is 0.493 e. The minimum absolute atomic E-state index is 0.0695. The van der Waals surface area contributed by atoms with Crippen molar-refractivity contribution >= 4 is 5.97 Å². The molecule has 2 aliphatic rings. The number of methoxy groups -OCH3 is 3. The Balaban J connectivity index is 1.97. The van der Waals surface area contributed by atoms with Crippen LogP contribution in [0.4, 0.5) is 0 Å². The van der Waals surface area contributed by atoms with Gasteiger partial charge in [-0.1, -0.05) is 32.4 Å². The minimum Gasteiger partial charge on any atom is -0.493 e. The van der Waals surface area contributed by atoms with Crippen LogP contribution in [0.15, 0.2) is 23.8 Å². The van der Waals surface area contributed by atoms with Gasteiger partial charge >= 0.3 is 5.97 Å². The van der Waals surface area contributed by atoms with E-state index in [0.717, 1.165) is 19.3 Å². The fourth-order valence-electron chi connectivity index (χ4n) is 5.49. The average molecular weight is 433 g/mol. The molecular weight excluding hydrogens is 396 g/mol. The van der Waals surface area contributed by atoms with Gasteiger partial charge in [0.05, 0.1) is 32.5 Å². The van der Waals surface area contributed by atoms with E-state index in [2.05, 4.69) is 33.8 Å². The molecule has 6 nitrogen and oxygen atoms in total. The molecule has 31 heavy (non-hydrogen) atoms. The summed E-state index contributed by atoms with van der Waals surface area (Å²) < 4.78 is 22.3. The van der Waals surface area contributed by atoms with Gasteiger partial charge in [-0.05, 0) is 49.7 Å². The molecule has 0 aliphatic heterocycles. The second kappa shape index (κ2) is 8.73. The van der Waals surface area contributed by atoms with E-state index in [1.165, 1.54) is 26.9 Å². The van der Waals surface area contributed by atoms with Crippen molar-refractivity contribution in [1.29, 1.82) is 0 Å². The molecule has 1 saturated carbocycles. The topological polar surface area (TPSA) is 74.2 Å². The Kier molecular flexibility index (Phi) is 6.61. The molecule has 1 aromatic carbocycles. The number of rotatable bonds is 6. The molecule has 1 aromatic rings. The molecule has 6 heteroatoms. The molecular formula is C25H36O6. The van der Waals surface area contributed by atoms with Gasteiger partial charge < -0.3 is 24.1 Å². The number of fused-ring (bicyclic) bond motifs is 1. The summed E-state index contributed by atoms with van der Waals surface area (Å²) >= 11 is 0. The van der Waals surface area contributed by atoms with Crippen molar-refractivity contribution in [1.82, 2.24) is 0 Å². The van der Waals surface area contributed by atoms with Crippen LogP contribution in [0, 0.1) is 17.3 Å². The van der Waals surface area contributed by atoms with Crippen molar-refractivity contribution < 1.29 is 28.8 Å². The number of esters is 1. The van der Waals surface area contributed by atoms with E-state index in [9.17, 15) is 9.90 Å². The number of ether oxygens (including phenoxy) is 4. The fraction of sp³-hybridized carbons (Fsp3) is 0.640. The molecule has 1 N–H and O–H groups in total. The zero-order valence-electron chi connectivity index (χ0n) is 19.8. The molecule has 1 unspecified atom stereocenters. The van der Waals surface area contributed by atoms with Crippen molar-refractivity contribution in [3.8, 4) is 17.2 Å². The maximum Gasteiger partial charge on any atom is 0.338 e. The Morgan fingerprint density at radius 2 is 1.71 bits per heavy atom. The highest BCUT2D eigenvalue weighted by Gasteiger charge is 2.59. The van der Waals surface area contributed by atoms with Gasteiger partial charge in [-0.25, -0.2) is 4.79 Å². The smallest absolute Gasteiger partial charge is 0.338 e. The predicted octanol–water partition coefficient (Wildman–Crippen LogP) is 4.78. The Morgan fingerprint density at radius 3 is 2.23 bits per heavy atom. The Bertz CT molecular complexity index is 835. The van der Waals surface area contributed by atoms with Crippen molar-refractivity contribution in [2.45, 2.75) is 65.1 Å². The summed E-state index contributed by atoms with van der Waals surface area (Å²) in [6, 6.07) is 3.21. The quantitative estimate of drug-likeness (QED) is 0.515. The monoisotopic (exact) mass is 432 g/mol. The van der Waals surface area contributed by atoms with Gasteiger partial charge in [0.2, 0.25) is 5.75 Å². The van der Waals surface area contributed by atoms with Gasteiger partial charge in [0, 0.05) is 12.3 Å². The molecule has 172 valence electrons. The standard InChI is InChI=1S/C25H36O6/c1-15(2)25(27)11-10-24(4)9-8-16(3)12-20(22(24)25)31-23(26)17-13-18(28-5)21(30-7)19(14-17)29-6/h8,13-15,20,22,27H,9-12H2,1-7H3/t20-,22-,24?,25+/m1/s1. The van der Waals surface area contributed by atoms with Crippen LogP contribution in [0.2, 0.25) is 0 Å². The number of aliphatic hydroxyl groups is 1. The summed E-state index contributed by atoms with van der Waals surface area (Å²) in [5, 5.41) is 11.7. The van der Waals surface area contributed by atoms with Gasteiger partial charge in [0.15, 0.2) is 11.5 Å². The van der Waals surface area contributed by atoms with E-state index in [0.29, 0.717) is 29.2 Å². The molecule has 0 heterocycles. The lowest BCUT2D eigenvalue weighted by molar-refractivity contribution is -0.112. The minimum atomic E-state index is -0.868. The van der Waals surface area contributed by atoms with Crippen LogP contribution in [0.25, 0.3) is 0 Å². The van der Waals surface area contributed by atoms with E-state index in [1.807, 2.05) is 0 Å². The zero-order valence-corrected chi connectivity index (χ0v) is 19.8. The average Bonchev–Trinajstić information content (AvgIpc) is 2.95. The lowest BCUT2D eigenvalue weighted by atomic mass is 9.67. The highest BCUT2D eigenvalue weighted by atomic mass is 16.5. The molecule has 2 aliphatic carbocycles. The summed E-state index contributed by atoms with van der Waals surface area (Å²) in [6.07, 6.45) is 4.96. The number of benzene rings is 1. The molecule has 0 amide bonds. The second-order valence-corrected chi connectivity index (χ2v) is 9.59. The van der Waals surface area contributed by atoms with E-state index in [4.69, 9.17) is 18.9 Å². The summed E-state index contributed by atoms with van der Waals surface area (Å²) in [7, 11) is 4.55. The van der Waals surface area contributed by atoms with Crippen molar-refractivity contribution in [3.05, 3.63) is 29.3 Å². The highest BCUT2D eigenvalue weighted by molar-refractivity contribution is 5.91. The molecule has 1 fully saturated rings. The SMILES string of the molecule is COc1cc(C(=O)O[C@@H]2CC(C)=CCC3(C)CC[C@](O)(C(C)C)[C@H]23)cc(OC)c1OC. The predicted molar refractivity (Wildman–Crippen MR) is 119 cm³/mol. The second-order valence-electron chi connectivity index (χ2n) is 9.59. The lowest BCUT2D eigenvalue weighted by Gasteiger charge is -2.43. The molecule has 0 spiro atoms. The first-order valence-electron chi connectivity index (χ1n) is 11.0. The number of hydrogen-bond acceptors (Lipinski definition) is 6. The molecule has 4 atom stereocenters. The van der Waals surface area contributed by atoms with Crippen LogP contribution in [0.5, 0.6) is 17.2 Å². The first-order chi connectivity index (χ1) is 14.6. The maximum atomic E-state index is 13.3. The Morgan fingerprint density at radius 1 is 1.10 bits per heavy atom. The number of hydrogen-bond donors (Lipinski definition) is 1. The molecule has 3 rings (SSSR count). The van der Waals surface area contributed by atoms with Crippen molar-refractivity contribution in [3.63, 3.8) is 0 Å². The van der Waals surface area contributed by atoms with E-state index >= 15 is 0 Å². The fourth-order valence-corrected chi connectivity index (χ4v) is 5.49. The molecule has 0 radical (unpaired) electrons. The maximum absolute atomic E-state index is 13.3. The molecule has 0 aromatic heterocycles. The Labute approximate surface area is 185 Å². The third kappa shape index (κ3) is 4.14. The lowest BCUT2D eigenvalue weighted by Crippen LogP contribution is -2.50. The van der Waals surface area contributed by atoms with E-state index in [-0.39, 0.29) is 17.3 Å². The summed E-state index contributed by atoms with van der Waals surface area (Å²) in [6.45, 7) is 8.39. The van der Waals surface area contributed by atoms with Gasteiger partial charge in [-0.2, -0.15) is 0 Å². The van der Waals surface area contributed by atoms with E-state index in [1.54, 1.807) is 12.1 Å². The normalized spacial score (nSPS) is 30.3. The van der Waals surface area contributed by atoms with Crippen LogP contribution in [-0.4, -0.2) is 44.1 Å². The van der Waals surface area contributed by atoms with Crippen molar-refractivity contribution in [2.24, 2.45) is 17.3 Å². The van der Waals surface area contributed by atoms with Gasteiger partial charge in [0.25, 0.3) is 0 Å². The van der Waals surface area contributed by atoms with Gasteiger partial charge in [-0.15, -0.1) is 0 Å². The van der Waals surface area contributed by atoms with Crippen molar-refractivity contribution in [2.75, 3.05) is 21.3 Å². The summed E-state index contributed by atoms with van der Waals surface area (Å²) in [4.78, 5) is 13.3.